The average molecular weight is 631 g/mol. The molecule has 0 spiro atoms. The number of fused-ring (bicyclic) bond motifs is 2. The van der Waals surface area contributed by atoms with Crippen LogP contribution in [0.2, 0.25) is 0 Å². The van der Waals surface area contributed by atoms with Crippen LogP contribution in [0.15, 0.2) is 85.7 Å². The van der Waals surface area contributed by atoms with Crippen molar-refractivity contribution < 1.29 is 9.53 Å². The zero-order valence-electron chi connectivity index (χ0n) is 26.8. The molecule has 0 aliphatic heterocycles. The molecule has 6 aromatic rings. The lowest BCUT2D eigenvalue weighted by atomic mass is 10.2. The highest BCUT2D eigenvalue weighted by Crippen LogP contribution is 2.41. The lowest BCUT2D eigenvalue weighted by molar-refractivity contribution is 0.0575. The molecule has 12 heteroatoms. The Labute approximate surface area is 272 Å². The first-order valence-corrected chi connectivity index (χ1v) is 16.0. The summed E-state index contributed by atoms with van der Waals surface area (Å²) in [6, 6.07) is 15.7. The van der Waals surface area contributed by atoms with Crippen molar-refractivity contribution in [1.82, 2.24) is 39.2 Å². The summed E-state index contributed by atoms with van der Waals surface area (Å²) < 4.78 is 9.21. The molecule has 1 amide bonds. The first kappa shape index (κ1) is 30.3. The van der Waals surface area contributed by atoms with Crippen LogP contribution >= 0.6 is 0 Å². The SMILES string of the molecule is CC(C)(C)OC(=O)N(Cc1cccnc1)c1cc(C2CC2)nc2ccnn12.c1cncc(CNc2cc(C3CC3)nc3ccnn23)c1. The molecule has 47 heavy (non-hydrogen) atoms. The van der Waals surface area contributed by atoms with Gasteiger partial charge in [0.1, 0.15) is 17.2 Å². The minimum absolute atomic E-state index is 0.339. The van der Waals surface area contributed by atoms with Gasteiger partial charge in [-0.2, -0.15) is 19.2 Å². The zero-order chi connectivity index (χ0) is 32.4. The molecule has 2 aliphatic rings. The third-order valence-electron chi connectivity index (χ3n) is 7.88. The number of aromatic nitrogens is 8. The molecule has 2 fully saturated rings. The van der Waals surface area contributed by atoms with Crippen LogP contribution in [0.5, 0.6) is 0 Å². The largest absolute Gasteiger partial charge is 0.443 e. The minimum atomic E-state index is -0.597. The lowest BCUT2D eigenvalue weighted by Gasteiger charge is -2.28. The maximum atomic E-state index is 13.0. The molecule has 0 atom stereocenters. The van der Waals surface area contributed by atoms with Crippen LogP contribution in [-0.4, -0.2) is 50.9 Å². The van der Waals surface area contributed by atoms with Crippen LogP contribution in [0.3, 0.4) is 0 Å². The Morgan fingerprint density at radius 1 is 0.830 bits per heavy atom. The Kier molecular flexibility index (Phi) is 8.23. The fraction of sp³-hybridized carbons (Fsp3) is 0.343. The van der Waals surface area contributed by atoms with Gasteiger partial charge in [0, 0.05) is 78.8 Å². The third-order valence-corrected chi connectivity index (χ3v) is 7.88. The molecule has 2 saturated carbocycles. The van der Waals surface area contributed by atoms with Crippen LogP contribution in [-0.2, 0) is 17.8 Å². The summed E-state index contributed by atoms with van der Waals surface area (Å²) in [5.74, 6) is 2.74. The highest BCUT2D eigenvalue weighted by molar-refractivity contribution is 5.87. The van der Waals surface area contributed by atoms with E-state index in [-0.39, 0.29) is 0 Å². The van der Waals surface area contributed by atoms with Crippen molar-refractivity contribution in [3.05, 3.63) is 108 Å². The summed E-state index contributed by atoms with van der Waals surface area (Å²) in [5, 5.41) is 12.1. The lowest BCUT2D eigenvalue weighted by Crippen LogP contribution is -2.37. The maximum Gasteiger partial charge on any atom is 0.416 e. The molecule has 0 unspecified atom stereocenters. The maximum absolute atomic E-state index is 13.0. The van der Waals surface area contributed by atoms with Crippen molar-refractivity contribution in [2.24, 2.45) is 0 Å². The molecule has 240 valence electrons. The third kappa shape index (κ3) is 7.37. The van der Waals surface area contributed by atoms with Crippen molar-refractivity contribution in [2.75, 3.05) is 10.2 Å². The Morgan fingerprint density at radius 3 is 2.02 bits per heavy atom. The number of hydrogen-bond donors (Lipinski definition) is 1. The minimum Gasteiger partial charge on any atom is -0.443 e. The smallest absolute Gasteiger partial charge is 0.416 e. The van der Waals surface area contributed by atoms with Crippen molar-refractivity contribution in [2.45, 2.75) is 77.0 Å². The van der Waals surface area contributed by atoms with Crippen LogP contribution in [0, 0.1) is 0 Å². The van der Waals surface area contributed by atoms with Crippen molar-refractivity contribution in [1.29, 1.82) is 0 Å². The van der Waals surface area contributed by atoms with E-state index in [1.807, 2.05) is 67.9 Å². The molecule has 12 nitrogen and oxygen atoms in total. The van der Waals surface area contributed by atoms with Crippen molar-refractivity contribution in [3.8, 4) is 0 Å². The summed E-state index contributed by atoms with van der Waals surface area (Å²) in [4.78, 5) is 32.3. The molecule has 1 N–H and O–H groups in total. The molecule has 0 aromatic carbocycles. The normalized spacial score (nSPS) is 14.4. The van der Waals surface area contributed by atoms with Crippen LogP contribution in [0.4, 0.5) is 16.4 Å². The summed E-state index contributed by atoms with van der Waals surface area (Å²) in [6.07, 6.45) is 14.9. The summed E-state index contributed by atoms with van der Waals surface area (Å²) in [7, 11) is 0. The topological polar surface area (TPSA) is 128 Å². The second-order valence-electron chi connectivity index (χ2n) is 13.0. The van der Waals surface area contributed by atoms with E-state index in [4.69, 9.17) is 9.72 Å². The number of hydrogen-bond acceptors (Lipinski definition) is 9. The van der Waals surface area contributed by atoms with Crippen molar-refractivity contribution >= 4 is 29.0 Å². The van der Waals surface area contributed by atoms with E-state index < -0.39 is 11.7 Å². The van der Waals surface area contributed by atoms with E-state index in [9.17, 15) is 4.79 Å². The van der Waals surface area contributed by atoms with Gasteiger partial charge in [0.25, 0.3) is 0 Å². The molecular formula is C35H38N10O2. The highest BCUT2D eigenvalue weighted by atomic mass is 16.6. The number of amides is 1. The van der Waals surface area contributed by atoms with E-state index >= 15 is 0 Å². The predicted molar refractivity (Wildman–Crippen MR) is 178 cm³/mol. The Bertz CT molecular complexity index is 1980. The van der Waals surface area contributed by atoms with E-state index in [1.54, 1.807) is 40.4 Å². The van der Waals surface area contributed by atoms with Gasteiger partial charge >= 0.3 is 6.09 Å². The van der Waals surface area contributed by atoms with E-state index in [0.29, 0.717) is 24.2 Å². The number of rotatable bonds is 8. The summed E-state index contributed by atoms with van der Waals surface area (Å²) >= 11 is 0. The van der Waals surface area contributed by atoms with Crippen LogP contribution in [0.25, 0.3) is 11.3 Å². The van der Waals surface area contributed by atoms with E-state index in [0.717, 1.165) is 53.3 Å². The molecule has 0 bridgehead atoms. The van der Waals surface area contributed by atoms with Gasteiger partial charge in [0.05, 0.1) is 18.9 Å². The van der Waals surface area contributed by atoms with E-state index in [1.165, 1.54) is 18.5 Å². The van der Waals surface area contributed by atoms with Crippen LogP contribution in [0.1, 0.15) is 80.8 Å². The number of nitrogens with zero attached hydrogens (tertiary/aromatic N) is 9. The highest BCUT2D eigenvalue weighted by Gasteiger charge is 2.30. The fourth-order valence-electron chi connectivity index (χ4n) is 5.27. The monoisotopic (exact) mass is 630 g/mol. The number of carbonyl (C=O) groups is 1. The molecule has 6 aromatic heterocycles. The number of anilines is 2. The van der Waals surface area contributed by atoms with Gasteiger partial charge in [-0.3, -0.25) is 14.9 Å². The number of carbonyl (C=O) groups excluding carboxylic acids is 1. The summed E-state index contributed by atoms with van der Waals surface area (Å²) in [5.41, 5.74) is 5.27. The van der Waals surface area contributed by atoms with E-state index in [2.05, 4.69) is 42.6 Å². The van der Waals surface area contributed by atoms with Gasteiger partial charge in [-0.1, -0.05) is 12.1 Å². The number of nitrogens with one attached hydrogen (secondary N) is 1. The van der Waals surface area contributed by atoms with Gasteiger partial charge in [-0.25, -0.2) is 14.8 Å². The molecule has 8 rings (SSSR count). The summed E-state index contributed by atoms with van der Waals surface area (Å²) in [6.45, 7) is 6.65. The zero-order valence-corrected chi connectivity index (χ0v) is 26.8. The Morgan fingerprint density at radius 2 is 1.43 bits per heavy atom. The molecule has 2 aliphatic carbocycles. The Balaban J connectivity index is 0.000000156. The van der Waals surface area contributed by atoms with Gasteiger partial charge in [-0.15, -0.1) is 0 Å². The molecule has 0 saturated heterocycles. The Hall–Kier alpha value is -5.39. The van der Waals surface area contributed by atoms with Gasteiger partial charge in [0.15, 0.2) is 11.3 Å². The van der Waals surface area contributed by atoms with Gasteiger partial charge < -0.3 is 10.1 Å². The van der Waals surface area contributed by atoms with Crippen LogP contribution < -0.4 is 10.2 Å². The predicted octanol–water partition coefficient (Wildman–Crippen LogP) is 6.56. The first-order chi connectivity index (χ1) is 22.8. The van der Waals surface area contributed by atoms with Crippen molar-refractivity contribution in [3.63, 3.8) is 0 Å². The average Bonchev–Trinajstić information content (AvgIpc) is 4.00. The molecular weight excluding hydrogens is 592 g/mol. The number of pyridine rings is 2. The second-order valence-corrected chi connectivity index (χ2v) is 13.0. The quantitative estimate of drug-likeness (QED) is 0.199. The molecule has 0 radical (unpaired) electrons. The fourth-order valence-corrected chi connectivity index (χ4v) is 5.27. The van der Waals surface area contributed by atoms with Gasteiger partial charge in [0.2, 0.25) is 0 Å². The molecule has 6 heterocycles. The van der Waals surface area contributed by atoms with Gasteiger partial charge in [-0.05, 0) is 69.7 Å². The first-order valence-electron chi connectivity index (χ1n) is 16.0. The standard InChI is InChI=1S/C20H23N5O2.C15H15N5/c1-20(2,3)27-19(26)24(13-14-5-4-9-21-12-14)18-11-16(15-6-7-15)23-17-8-10-22-25(17)18;1-2-11(9-16-6-1)10-17-15-8-13(12-3-4-12)19-14-5-7-18-20(14)15/h4-5,8-12,15H,6-7,13H2,1-3H3;1-2,5-9,12,17H,3-4,10H2. The number of ether oxygens (including phenoxy) is 1. The second kappa shape index (κ2) is 12.8.